The fourth-order valence-electron chi connectivity index (χ4n) is 11.4. The van der Waals surface area contributed by atoms with Crippen LogP contribution in [0.5, 0.6) is 0 Å². The maximum atomic E-state index is 14.9. The third kappa shape index (κ3) is 50.6. The molecule has 670 valence electrons. The minimum Gasteiger partial charge on any atom is -0.481 e. The monoisotopic (exact) mass is 1750 g/mol. The van der Waals surface area contributed by atoms with Crippen molar-refractivity contribution in [3.05, 3.63) is 71.5 Å². The van der Waals surface area contributed by atoms with Gasteiger partial charge in [0.1, 0.15) is 30.9 Å². The molecule has 2 aromatic rings. The number of carboxylic acid groups (broad SMARTS) is 1. The van der Waals surface area contributed by atoms with Gasteiger partial charge in [-0.2, -0.15) is 0 Å². The summed E-state index contributed by atoms with van der Waals surface area (Å²) in [5.41, 5.74) is 12.4. The molecule has 120 heavy (non-hydrogen) atoms. The number of thioether (sulfide) groups is 1. The maximum absolute atomic E-state index is 14.9. The number of hydrogen-bond donors (Lipinski definition) is 11. The molecular weight excluding hydrogens is 1630 g/mol. The van der Waals surface area contributed by atoms with Crippen molar-refractivity contribution in [1.29, 1.82) is 0 Å². The van der Waals surface area contributed by atoms with Crippen molar-refractivity contribution in [2.75, 3.05) is 181 Å². The van der Waals surface area contributed by atoms with Crippen LogP contribution >= 0.6 is 33.3 Å². The first-order valence-electron chi connectivity index (χ1n) is 40.1. The Labute approximate surface area is 710 Å². The molecule has 37 nitrogen and oxygen atoms in total. The first kappa shape index (κ1) is 104. The number of nitrogens with zero attached hydrogens (tertiary/aromatic N) is 2. The summed E-state index contributed by atoms with van der Waals surface area (Å²) < 4.78 is 62.6. The van der Waals surface area contributed by atoms with E-state index in [1.165, 1.54) is 30.5 Å². The van der Waals surface area contributed by atoms with E-state index in [0.717, 1.165) is 33.3 Å². The van der Waals surface area contributed by atoms with Crippen LogP contribution < -0.4 is 54.0 Å². The van der Waals surface area contributed by atoms with Gasteiger partial charge in [0.2, 0.25) is 41.4 Å². The Morgan fingerprint density at radius 2 is 1.07 bits per heavy atom. The molecule has 2 saturated heterocycles. The number of ether oxygens (including phenoxy) is 9. The average molecular weight is 1750 g/mol. The fourth-order valence-corrected chi connectivity index (χ4v) is 14.7. The minimum atomic E-state index is -1.54. The number of rotatable bonds is 55. The molecule has 2 aliphatic rings. The van der Waals surface area contributed by atoms with Crippen LogP contribution in [-0.2, 0) is 121 Å². The highest BCUT2D eigenvalue weighted by Crippen LogP contribution is 2.28. The lowest BCUT2D eigenvalue weighted by Crippen LogP contribution is -2.53. The van der Waals surface area contributed by atoms with Crippen molar-refractivity contribution < 1.29 is 124 Å². The Kier molecular flexibility index (Phi) is 56.3. The molecule has 2 fully saturated rings. The summed E-state index contributed by atoms with van der Waals surface area (Å²) in [6.07, 6.45) is 0.975. The van der Waals surface area contributed by atoms with E-state index in [-0.39, 0.29) is 177 Å². The van der Waals surface area contributed by atoms with Crippen LogP contribution in [0.4, 0.5) is 4.39 Å². The van der Waals surface area contributed by atoms with E-state index in [1.54, 1.807) is 30.3 Å². The number of aliphatic carboxylic acids is 1. The number of nitrogens with two attached hydrogens (primary N) is 2. The topological polar surface area (TPSA) is 525 Å². The number of fused-ring (bicyclic) bond motifs is 5. The summed E-state index contributed by atoms with van der Waals surface area (Å²) in [7, 11) is 1.99. The van der Waals surface area contributed by atoms with Gasteiger partial charge in [0.25, 0.3) is 5.91 Å². The van der Waals surface area contributed by atoms with Gasteiger partial charge in [-0.3, -0.25) is 72.1 Å². The zero-order valence-electron chi connectivity index (χ0n) is 68.1. The molecule has 0 aromatic heterocycles. The van der Waals surface area contributed by atoms with E-state index in [1.807, 2.05) is 6.92 Å². The number of ketones is 5. The largest absolute Gasteiger partial charge is 0.481 e. The SMILES string of the molecule is CCC(=O)CCCOCCOCCOCCCC(=O)[C@@H]1CSCC(=O)N[C@@H](CCCCNC(=O)COCC(=O)NCCOCCOCCOCCOCCOCCNC(=O)CO/N=C/c2ccc([18F])cc2)C(=O)N[C@H]2CSSC[C@H](NC(=O)[C@H](CC(=O)O)CC(=O)CNC(=O)[C@H](CCCN=C(N)N)CC2=O)C(=O)C[C@@H](Cc2ccccc2)C(=O)N1. The van der Waals surface area contributed by atoms with Gasteiger partial charge in [0.05, 0.1) is 141 Å². The number of Topliss-reactive ketones (excluding diaryl/α,β-unsaturated/α-hetero) is 5. The third-order valence-corrected chi connectivity index (χ3v) is 21.3. The molecule has 0 unspecified atom stereocenters. The number of aliphatic imine (C=N–C) groups is 1. The third-order valence-electron chi connectivity index (χ3n) is 17.8. The van der Waals surface area contributed by atoms with E-state index >= 15 is 0 Å². The van der Waals surface area contributed by atoms with Crippen LogP contribution in [0.1, 0.15) is 108 Å². The summed E-state index contributed by atoms with van der Waals surface area (Å²) in [4.78, 5) is 199. The number of amides is 8. The van der Waals surface area contributed by atoms with Crippen molar-refractivity contribution in [1.82, 2.24) is 42.5 Å². The van der Waals surface area contributed by atoms with Crippen molar-refractivity contribution in [2.45, 2.75) is 127 Å². The minimum absolute atomic E-state index is 0.000264. The quantitative estimate of drug-likeness (QED) is 0.0142. The zero-order valence-corrected chi connectivity index (χ0v) is 70.6. The second-order valence-corrected chi connectivity index (χ2v) is 31.2. The van der Waals surface area contributed by atoms with Gasteiger partial charge in [0.15, 0.2) is 35.7 Å². The zero-order chi connectivity index (χ0) is 87.2. The number of nitrogens with one attached hydrogen (secondary N) is 8. The van der Waals surface area contributed by atoms with Gasteiger partial charge in [-0.15, -0.1) is 11.8 Å². The van der Waals surface area contributed by atoms with Crippen LogP contribution in [0.2, 0.25) is 0 Å². The van der Waals surface area contributed by atoms with Crippen molar-refractivity contribution in [2.24, 2.45) is 39.4 Å². The molecule has 0 spiro atoms. The van der Waals surface area contributed by atoms with Crippen LogP contribution in [0, 0.1) is 23.6 Å². The summed E-state index contributed by atoms with van der Waals surface area (Å²) in [5, 5.41) is 35.1. The summed E-state index contributed by atoms with van der Waals surface area (Å²) in [6.45, 7) is 4.91. The Morgan fingerprint density at radius 1 is 0.542 bits per heavy atom. The molecule has 13 N–H and O–H groups in total. The van der Waals surface area contributed by atoms with E-state index in [4.69, 9.17) is 58.9 Å². The van der Waals surface area contributed by atoms with Gasteiger partial charge in [0, 0.05) is 107 Å². The second kappa shape index (κ2) is 65.1. The second-order valence-electron chi connectivity index (χ2n) is 27.6. The van der Waals surface area contributed by atoms with Crippen LogP contribution in [0.25, 0.3) is 0 Å². The number of halogens is 1. The van der Waals surface area contributed by atoms with Crippen molar-refractivity contribution >= 4 is 128 Å². The van der Waals surface area contributed by atoms with E-state index in [9.17, 15) is 76.6 Å². The van der Waals surface area contributed by atoms with Gasteiger partial charge < -0.3 is 107 Å². The molecule has 41 heteroatoms. The number of carboxylic acids is 1. The molecule has 2 heterocycles. The number of benzene rings is 2. The Bertz CT molecular complexity index is 3500. The van der Waals surface area contributed by atoms with E-state index in [2.05, 4.69) is 52.7 Å². The maximum Gasteiger partial charge on any atom is 0.304 e. The molecule has 2 aromatic carbocycles. The fraction of sp³-hybridized carbons (Fsp3) is 0.646. The smallest absolute Gasteiger partial charge is 0.304 e. The Morgan fingerprint density at radius 3 is 1.63 bits per heavy atom. The molecule has 0 saturated carbocycles. The van der Waals surface area contributed by atoms with E-state index < -0.39 is 158 Å². The van der Waals surface area contributed by atoms with Crippen molar-refractivity contribution in [3.63, 3.8) is 0 Å². The molecule has 8 amide bonds. The molecule has 0 aliphatic carbocycles. The summed E-state index contributed by atoms with van der Waals surface area (Å²) in [5.74, 6) is -14.7. The summed E-state index contributed by atoms with van der Waals surface area (Å²) in [6, 6.07) is 8.87. The molecule has 7 atom stereocenters. The van der Waals surface area contributed by atoms with Crippen molar-refractivity contribution in [3.8, 4) is 0 Å². The normalized spacial score (nSPS) is 19.0. The first-order chi connectivity index (χ1) is 58.0. The molecule has 2 bridgehead atoms. The number of carbonyl (C=O) groups is 14. The van der Waals surface area contributed by atoms with Gasteiger partial charge in [-0.05, 0) is 74.6 Å². The number of guanidine groups is 1. The van der Waals surface area contributed by atoms with Gasteiger partial charge in [-0.1, -0.05) is 76.1 Å². The van der Waals surface area contributed by atoms with Crippen LogP contribution in [-0.4, -0.2) is 305 Å². The molecular formula is C79H119FN12O25S3. The van der Waals surface area contributed by atoms with Crippen LogP contribution in [0.3, 0.4) is 0 Å². The average Bonchev–Trinajstić information content (AvgIpc) is 1.01. The highest BCUT2D eigenvalue weighted by atomic mass is 33.1. The lowest BCUT2D eigenvalue weighted by atomic mass is 9.90. The Balaban J connectivity index is 1.35. The molecule has 0 radical (unpaired) electrons. The molecule has 4 rings (SSSR count). The Hall–Kier alpha value is -8.62. The number of unbranched alkanes of at least 4 members (excludes halogenated alkanes) is 1. The van der Waals surface area contributed by atoms with E-state index in [0.29, 0.717) is 89.9 Å². The summed E-state index contributed by atoms with van der Waals surface area (Å²) >= 11 is 0.961. The lowest BCUT2D eigenvalue weighted by molar-refractivity contribution is -0.142. The number of hydrogen-bond acceptors (Lipinski definition) is 29. The predicted octanol–water partition coefficient (Wildman–Crippen LogP) is 0.647. The van der Waals surface area contributed by atoms with Crippen LogP contribution in [0.15, 0.2) is 64.7 Å². The number of oxime groups is 1. The lowest BCUT2D eigenvalue weighted by Gasteiger charge is -2.26. The first-order valence-corrected chi connectivity index (χ1v) is 43.8. The molecule has 2 aliphatic heterocycles. The van der Waals surface area contributed by atoms with Gasteiger partial charge >= 0.3 is 5.97 Å². The number of carbonyl (C=O) groups excluding carboxylic acids is 13. The predicted molar refractivity (Wildman–Crippen MR) is 444 cm³/mol. The standard InChI is InChI=1S/C79H119FN12O25S3/c1-2-61(93)14-9-25-108-29-33-112-34-30-109-26-10-16-67(95)64-51-118-54-73(101)89-63(15-6-7-21-83-70(98)48-116-49-71(99)84-23-27-110-31-35-113-37-39-115-40-38-114-36-32-111-28-24-85-72(100)50-117-88-46-56-17-19-60(80)20-18-56)78(107)92-66-53-120-119-52-65(69(97)44-58(76(105)90-64)41-55-11-4-3-5-12-55)91-77(106)59(45-74(102)103)42-62(94)47-87-75(104)57(43-68(66)96)13-8-22-86-79(81)82/h3-5,11-12,17-20,46,57-59,63-66H,2,6-10,13-16,21-45,47-54H2,1H3,(H,83,98)(H,84,99)(H,85,100)(H,87,104)(H,89,101)(H,90,105)(H,91,106)(H,92,107)(H,102,103)(H4,81,82,86)/b88-46+/t57-,58-,59+,63+,64+,65+,66+/m1/s1/i80-1. The highest BCUT2D eigenvalue weighted by Gasteiger charge is 2.36. The van der Waals surface area contributed by atoms with Gasteiger partial charge in [-0.25, -0.2) is 4.39 Å². The highest BCUT2D eigenvalue weighted by molar-refractivity contribution is 8.76.